The summed E-state index contributed by atoms with van der Waals surface area (Å²) in [5.41, 5.74) is 5.80. The van der Waals surface area contributed by atoms with E-state index in [-0.39, 0.29) is 49.9 Å². The lowest BCUT2D eigenvalue weighted by Gasteiger charge is -2.43. The van der Waals surface area contributed by atoms with Gasteiger partial charge < -0.3 is 31.2 Å². The number of hydrogen-bond acceptors (Lipinski definition) is 8. The van der Waals surface area contributed by atoms with Crippen LogP contribution in [-0.4, -0.2) is 88.3 Å². The molecule has 0 bridgehead atoms. The summed E-state index contributed by atoms with van der Waals surface area (Å²) in [6, 6.07) is 4.93. The molecule has 0 saturated carbocycles. The zero-order chi connectivity index (χ0) is 26.8. The van der Waals surface area contributed by atoms with Crippen molar-refractivity contribution in [1.82, 2.24) is 25.1 Å². The summed E-state index contributed by atoms with van der Waals surface area (Å²) in [6.45, 7) is -1.61. The normalized spacial score (nSPS) is 17.3. The second-order valence-corrected chi connectivity index (χ2v) is 8.84. The molecule has 0 radical (unpaired) electrons. The van der Waals surface area contributed by atoms with Crippen LogP contribution >= 0.6 is 0 Å². The molecule has 0 unspecified atom stereocenters. The van der Waals surface area contributed by atoms with Gasteiger partial charge in [0.25, 0.3) is 11.8 Å². The molecule has 2 aromatic heterocycles. The molecule has 14 heteroatoms. The predicted molar refractivity (Wildman–Crippen MR) is 127 cm³/mol. The fraction of sp³-hybridized carbons (Fsp3) is 0.391. The van der Waals surface area contributed by atoms with Crippen molar-refractivity contribution in [1.29, 1.82) is 5.41 Å². The van der Waals surface area contributed by atoms with Crippen LogP contribution in [0.5, 0.6) is 0 Å². The molecule has 37 heavy (non-hydrogen) atoms. The Kier molecular flexibility index (Phi) is 7.01. The number of nitrogens with zero attached hydrogens (tertiary/aromatic N) is 5. The molecule has 4 rings (SSSR count). The number of nitrogen functional groups attached to an aromatic ring is 1. The number of anilines is 2. The summed E-state index contributed by atoms with van der Waals surface area (Å²) in [4.78, 5) is 51.5. The van der Waals surface area contributed by atoms with Crippen molar-refractivity contribution < 1.29 is 27.6 Å². The molecule has 2 aliphatic rings. The van der Waals surface area contributed by atoms with Crippen LogP contribution in [-0.2, 0) is 9.59 Å². The van der Waals surface area contributed by atoms with Crippen LogP contribution in [0.4, 0.5) is 24.7 Å². The minimum Gasteiger partial charge on any atom is -0.383 e. The minimum absolute atomic E-state index is 0.0114. The SMILES string of the molecule is N=Cc1cc(C(=O)N2CCC3(CC2)C(=O)N(CC(=O)NCC(F)(F)F)CN3c2cccnc2)cnc1N. The van der Waals surface area contributed by atoms with E-state index in [2.05, 4.69) is 9.97 Å². The molecule has 196 valence electrons. The number of pyridine rings is 2. The summed E-state index contributed by atoms with van der Waals surface area (Å²) in [6.07, 6.45) is 1.37. The van der Waals surface area contributed by atoms with Crippen molar-refractivity contribution in [2.24, 2.45) is 0 Å². The van der Waals surface area contributed by atoms with Crippen molar-refractivity contribution in [2.45, 2.75) is 24.6 Å². The van der Waals surface area contributed by atoms with Gasteiger partial charge in [0.05, 0.1) is 24.1 Å². The van der Waals surface area contributed by atoms with Crippen molar-refractivity contribution in [2.75, 3.05) is 43.5 Å². The van der Waals surface area contributed by atoms with Crippen LogP contribution in [0.15, 0.2) is 36.8 Å². The second kappa shape index (κ2) is 10.0. The van der Waals surface area contributed by atoms with Crippen LogP contribution in [0, 0.1) is 5.41 Å². The van der Waals surface area contributed by atoms with Crippen molar-refractivity contribution >= 4 is 35.4 Å². The summed E-state index contributed by atoms with van der Waals surface area (Å²) >= 11 is 0. The molecule has 2 aromatic rings. The number of rotatable bonds is 6. The molecular weight excluding hydrogens is 493 g/mol. The van der Waals surface area contributed by atoms with Gasteiger partial charge in [-0.1, -0.05) is 0 Å². The molecule has 1 spiro atoms. The largest absolute Gasteiger partial charge is 0.405 e. The zero-order valence-electron chi connectivity index (χ0n) is 19.7. The number of alkyl halides is 3. The molecular formula is C23H25F3N8O3. The molecule has 11 nitrogen and oxygen atoms in total. The number of likely N-dealkylation sites (tertiary alicyclic amines) is 1. The van der Waals surface area contributed by atoms with E-state index < -0.39 is 36.6 Å². The quantitative estimate of drug-likeness (QED) is 0.484. The number of hydrogen-bond donors (Lipinski definition) is 3. The first-order chi connectivity index (χ1) is 17.5. The Labute approximate surface area is 209 Å². The fourth-order valence-electron chi connectivity index (χ4n) is 4.64. The van der Waals surface area contributed by atoms with E-state index in [0.29, 0.717) is 11.3 Å². The van der Waals surface area contributed by atoms with Crippen LogP contribution in [0.1, 0.15) is 28.8 Å². The maximum Gasteiger partial charge on any atom is 0.405 e. The molecule has 4 N–H and O–H groups in total. The maximum atomic E-state index is 13.6. The Morgan fingerprint density at radius 1 is 1.24 bits per heavy atom. The van der Waals surface area contributed by atoms with Crippen molar-refractivity contribution in [3.8, 4) is 0 Å². The lowest BCUT2D eigenvalue weighted by atomic mass is 9.85. The van der Waals surface area contributed by atoms with Gasteiger partial charge in [0.15, 0.2) is 0 Å². The predicted octanol–water partition coefficient (Wildman–Crippen LogP) is 1.02. The standard InChI is InChI=1S/C23H25F3N8O3/c24-23(25,26)13-31-18(35)12-33-14-34(17-2-1-5-29-11-17)22(21(33)37)3-6-32(7-4-22)20(36)16-8-15(9-27)19(28)30-10-16/h1-2,5,8-11,27H,3-4,6-7,12-14H2,(H2,28,30)(H,31,35). The van der Waals surface area contributed by atoms with Crippen LogP contribution in [0.25, 0.3) is 0 Å². The Morgan fingerprint density at radius 2 is 1.97 bits per heavy atom. The molecule has 2 saturated heterocycles. The van der Waals surface area contributed by atoms with E-state index >= 15 is 0 Å². The lowest BCUT2D eigenvalue weighted by molar-refractivity contribution is -0.142. The maximum absolute atomic E-state index is 13.6. The van der Waals surface area contributed by atoms with Crippen LogP contribution < -0.4 is 16.0 Å². The van der Waals surface area contributed by atoms with Gasteiger partial charge in [0.2, 0.25) is 5.91 Å². The zero-order valence-corrected chi connectivity index (χ0v) is 19.7. The van der Waals surface area contributed by atoms with E-state index in [1.807, 2.05) is 0 Å². The van der Waals surface area contributed by atoms with E-state index in [4.69, 9.17) is 11.1 Å². The number of carbonyl (C=O) groups is 3. The van der Waals surface area contributed by atoms with Gasteiger partial charge in [-0.05, 0) is 31.0 Å². The van der Waals surface area contributed by atoms with Gasteiger partial charge in [-0.15, -0.1) is 0 Å². The highest BCUT2D eigenvalue weighted by Crippen LogP contribution is 2.39. The Morgan fingerprint density at radius 3 is 2.59 bits per heavy atom. The van der Waals surface area contributed by atoms with E-state index in [9.17, 15) is 27.6 Å². The van der Waals surface area contributed by atoms with Crippen molar-refractivity contribution in [3.05, 3.63) is 47.9 Å². The number of nitrogens with one attached hydrogen (secondary N) is 2. The number of carbonyl (C=O) groups excluding carboxylic acids is 3. The van der Waals surface area contributed by atoms with E-state index in [1.165, 1.54) is 17.2 Å². The van der Waals surface area contributed by atoms with Crippen LogP contribution in [0.2, 0.25) is 0 Å². The first-order valence-corrected chi connectivity index (χ1v) is 11.4. The average molecular weight is 518 g/mol. The van der Waals surface area contributed by atoms with E-state index in [0.717, 1.165) is 6.21 Å². The van der Waals surface area contributed by atoms with Crippen molar-refractivity contribution in [3.63, 3.8) is 0 Å². The smallest absolute Gasteiger partial charge is 0.383 e. The highest BCUT2D eigenvalue weighted by Gasteiger charge is 2.54. The number of nitrogens with two attached hydrogens (primary N) is 1. The Balaban J connectivity index is 1.52. The molecule has 0 atom stereocenters. The molecule has 0 aromatic carbocycles. The Bertz CT molecular complexity index is 1200. The van der Waals surface area contributed by atoms with Gasteiger partial charge in [0, 0.05) is 37.3 Å². The lowest BCUT2D eigenvalue weighted by Crippen LogP contribution is -2.57. The van der Waals surface area contributed by atoms with Gasteiger partial charge in [0.1, 0.15) is 24.4 Å². The number of halogens is 3. The summed E-state index contributed by atoms with van der Waals surface area (Å²) in [7, 11) is 0. The number of amides is 3. The molecule has 3 amide bonds. The first-order valence-electron chi connectivity index (χ1n) is 11.4. The van der Waals surface area contributed by atoms with Gasteiger partial charge in [-0.25, -0.2) is 4.98 Å². The monoisotopic (exact) mass is 518 g/mol. The Hall–Kier alpha value is -4.23. The average Bonchev–Trinajstić information content (AvgIpc) is 3.14. The van der Waals surface area contributed by atoms with Gasteiger partial charge in [-0.2, -0.15) is 13.2 Å². The summed E-state index contributed by atoms with van der Waals surface area (Å²) in [5.74, 6) is -1.51. The number of piperidine rings is 1. The third kappa shape index (κ3) is 5.32. The number of aromatic nitrogens is 2. The third-order valence-corrected chi connectivity index (χ3v) is 6.52. The first kappa shape index (κ1) is 25.9. The van der Waals surface area contributed by atoms with E-state index in [1.54, 1.807) is 39.6 Å². The molecule has 2 aliphatic heterocycles. The molecule has 0 aliphatic carbocycles. The summed E-state index contributed by atoms with van der Waals surface area (Å²) in [5, 5.41) is 9.22. The highest BCUT2D eigenvalue weighted by molar-refractivity contribution is 5.98. The topological polar surface area (TPSA) is 149 Å². The van der Waals surface area contributed by atoms with Gasteiger partial charge >= 0.3 is 6.18 Å². The fourth-order valence-corrected chi connectivity index (χ4v) is 4.64. The third-order valence-electron chi connectivity index (χ3n) is 6.52. The summed E-state index contributed by atoms with van der Waals surface area (Å²) < 4.78 is 37.5. The minimum atomic E-state index is -4.56. The van der Waals surface area contributed by atoms with Crippen LogP contribution in [0.3, 0.4) is 0 Å². The molecule has 4 heterocycles. The van der Waals surface area contributed by atoms with Gasteiger partial charge in [-0.3, -0.25) is 19.4 Å². The second-order valence-electron chi connectivity index (χ2n) is 8.84. The highest BCUT2D eigenvalue weighted by atomic mass is 19.4. The molecule has 2 fully saturated rings.